The van der Waals surface area contributed by atoms with Crippen LogP contribution in [0.4, 0.5) is 4.39 Å². The third-order valence-corrected chi connectivity index (χ3v) is 7.70. The number of carbonyl (C=O) groups is 1. The van der Waals surface area contributed by atoms with Gasteiger partial charge in [-0.05, 0) is 27.7 Å². The summed E-state index contributed by atoms with van der Waals surface area (Å²) in [7, 11) is -5.64. The highest BCUT2D eigenvalue weighted by Gasteiger charge is 2.56. The predicted molar refractivity (Wildman–Crippen MR) is 119 cm³/mol. The van der Waals surface area contributed by atoms with Crippen LogP contribution in [0.2, 0.25) is 0 Å². The van der Waals surface area contributed by atoms with Gasteiger partial charge in [-0.3, -0.25) is 23.7 Å². The minimum Gasteiger partial charge on any atom is -0.462 e. The summed E-state index contributed by atoms with van der Waals surface area (Å²) in [5, 5.41) is 12.9. The number of alkyl halides is 1. The Bertz CT molecular complexity index is 1040. The molecule has 0 aromatic carbocycles. The van der Waals surface area contributed by atoms with Crippen LogP contribution in [-0.4, -0.2) is 70.2 Å². The number of nitrogens with zero attached hydrogens (tertiary/aromatic N) is 1. The van der Waals surface area contributed by atoms with Gasteiger partial charge in [0.05, 0.1) is 12.7 Å². The zero-order chi connectivity index (χ0) is 25.1. The molecule has 0 amide bonds. The van der Waals surface area contributed by atoms with Crippen molar-refractivity contribution in [2.75, 3.05) is 13.3 Å². The van der Waals surface area contributed by atoms with Gasteiger partial charge in [0.25, 0.3) is 13.3 Å². The summed E-state index contributed by atoms with van der Waals surface area (Å²) in [4.78, 5) is 37.4. The lowest BCUT2D eigenvalue weighted by Crippen LogP contribution is -2.43. The van der Waals surface area contributed by atoms with E-state index in [1.165, 1.54) is 6.92 Å². The number of halogens is 1. The number of carbonyl (C=O) groups excluding carboxylic acids is 1. The minimum absolute atomic E-state index is 0.406. The highest BCUT2D eigenvalue weighted by molar-refractivity contribution is 7.64. The van der Waals surface area contributed by atoms with Crippen molar-refractivity contribution in [1.82, 2.24) is 14.6 Å². The molecule has 15 heteroatoms. The number of H-pyrrole nitrogens is 1. The van der Waals surface area contributed by atoms with Crippen molar-refractivity contribution < 1.29 is 37.2 Å². The minimum atomic E-state index is -4.17. The summed E-state index contributed by atoms with van der Waals surface area (Å²) in [6, 6.07) is -0.0835. The van der Waals surface area contributed by atoms with E-state index in [2.05, 4.69) is 11.4 Å². The normalized spacial score (nSPS) is 28.4. The molecule has 0 spiro atoms. The average molecular weight is 512 g/mol. The number of aromatic amines is 1. The van der Waals surface area contributed by atoms with E-state index in [-0.39, 0.29) is 0 Å². The van der Waals surface area contributed by atoms with Gasteiger partial charge in [0, 0.05) is 12.3 Å². The maximum atomic E-state index is 15.3. The zero-order valence-corrected chi connectivity index (χ0v) is 20.7. The lowest BCUT2D eigenvalue weighted by molar-refractivity contribution is -0.149. The zero-order valence-electron chi connectivity index (χ0n) is 18.9. The summed E-state index contributed by atoms with van der Waals surface area (Å²) in [6.07, 6.45) is -0.497. The van der Waals surface area contributed by atoms with Crippen molar-refractivity contribution in [1.29, 1.82) is 0 Å². The van der Waals surface area contributed by atoms with Crippen LogP contribution in [-0.2, 0) is 27.7 Å². The van der Waals surface area contributed by atoms with Gasteiger partial charge >= 0.3 is 19.4 Å². The van der Waals surface area contributed by atoms with Gasteiger partial charge in [0.15, 0.2) is 11.9 Å². The maximum Gasteiger partial charge on any atom is 0.447 e. The molecule has 186 valence electrons. The number of esters is 1. The molecule has 2 rings (SSSR count). The third kappa shape index (κ3) is 6.89. The summed E-state index contributed by atoms with van der Waals surface area (Å²) in [5.41, 5.74) is -4.09. The van der Waals surface area contributed by atoms with Crippen molar-refractivity contribution in [3.05, 3.63) is 33.1 Å². The van der Waals surface area contributed by atoms with E-state index in [1.54, 1.807) is 20.5 Å². The van der Waals surface area contributed by atoms with Crippen LogP contribution in [0.1, 0.15) is 33.9 Å². The Hall–Kier alpha value is -1.72. The Morgan fingerprint density at radius 2 is 2.12 bits per heavy atom. The number of aromatic nitrogens is 2. The number of nitrogens with one attached hydrogen (secondary N) is 2. The lowest BCUT2D eigenvalue weighted by Gasteiger charge is -2.24. The van der Waals surface area contributed by atoms with Crippen molar-refractivity contribution in [3.8, 4) is 0 Å². The number of rotatable bonds is 10. The summed E-state index contributed by atoms with van der Waals surface area (Å²) >= 11 is 0. The fraction of sp³-hybridized carbons (Fsp3) is 0.667. The van der Waals surface area contributed by atoms with E-state index in [0.717, 1.165) is 23.8 Å². The van der Waals surface area contributed by atoms with Gasteiger partial charge in [-0.25, -0.2) is 18.8 Å². The van der Waals surface area contributed by atoms with E-state index in [1.807, 2.05) is 4.98 Å². The van der Waals surface area contributed by atoms with Crippen LogP contribution in [0, 0.1) is 0 Å². The van der Waals surface area contributed by atoms with Gasteiger partial charge in [-0.1, -0.05) is 4.31 Å². The second-order valence-electron chi connectivity index (χ2n) is 7.98. The topological polar surface area (TPSA) is 158 Å². The largest absolute Gasteiger partial charge is 0.462 e. The van der Waals surface area contributed by atoms with E-state index in [9.17, 15) is 24.1 Å². The molecule has 1 aromatic heterocycles. The first kappa shape index (κ1) is 27.5. The Labute approximate surface area is 190 Å². The number of hydrogen-bond donors (Lipinski definition) is 3. The molecule has 2 heterocycles. The van der Waals surface area contributed by atoms with Gasteiger partial charge in [-0.2, -0.15) is 0 Å². The van der Waals surface area contributed by atoms with E-state index in [4.69, 9.17) is 18.3 Å². The lowest BCUT2D eigenvalue weighted by atomic mass is 9.98. The van der Waals surface area contributed by atoms with Crippen LogP contribution >= 0.6 is 15.5 Å². The second kappa shape index (κ2) is 10.7. The van der Waals surface area contributed by atoms with Crippen LogP contribution in [0.5, 0.6) is 0 Å². The molecule has 33 heavy (non-hydrogen) atoms. The SMILES string of the molecule is C=[P+](C)OP(=O)(NC(C)C(=O)OC(C)C)OCC1OC(n2ccc(=O)[nH]c2=O)C(C)(F)C1O. The Morgan fingerprint density at radius 1 is 1.48 bits per heavy atom. The van der Waals surface area contributed by atoms with E-state index in [0.29, 0.717) is 0 Å². The first-order chi connectivity index (χ1) is 15.2. The molecule has 1 fully saturated rings. The molecule has 12 nitrogen and oxygen atoms in total. The highest BCUT2D eigenvalue weighted by atomic mass is 31.2. The smallest absolute Gasteiger partial charge is 0.447 e. The van der Waals surface area contributed by atoms with Crippen LogP contribution in [0.25, 0.3) is 0 Å². The maximum absolute atomic E-state index is 15.3. The Kier molecular flexibility index (Phi) is 8.92. The van der Waals surface area contributed by atoms with Crippen LogP contribution in [0.15, 0.2) is 21.9 Å². The fourth-order valence-corrected chi connectivity index (χ4v) is 5.87. The molecular formula is C18H29FN3O9P2+. The monoisotopic (exact) mass is 512 g/mol. The molecule has 3 N–H and O–H groups in total. The standard InChI is InChI=1S/C18H28FN3O9P2/c1-10(2)29-15(25)11(3)21-33(27,31-32(5)6)28-9-12-14(24)18(4,19)16(30-12)22-8-7-13(23)20-17(22)26/h7-8,10-12,14,16,24H,5,9H2,1-4,6H3,(H-,20,21,23,26,27)/p+1. The first-order valence-corrected chi connectivity index (χ1v) is 13.4. The summed E-state index contributed by atoms with van der Waals surface area (Å²) in [6.45, 7) is 6.63. The Morgan fingerprint density at radius 3 is 2.67 bits per heavy atom. The Balaban J connectivity index is 2.18. The third-order valence-electron chi connectivity index (χ3n) is 4.53. The first-order valence-electron chi connectivity index (χ1n) is 9.97. The molecule has 1 aliphatic heterocycles. The quantitative estimate of drug-likeness (QED) is 0.306. The van der Waals surface area contributed by atoms with Crippen molar-refractivity contribution in [3.63, 3.8) is 0 Å². The van der Waals surface area contributed by atoms with E-state index < -0.39 is 75.6 Å². The van der Waals surface area contributed by atoms with Crippen molar-refractivity contribution in [2.24, 2.45) is 0 Å². The second-order valence-corrected chi connectivity index (χ2v) is 11.4. The molecule has 0 radical (unpaired) electrons. The number of hydrogen-bond acceptors (Lipinski definition) is 9. The molecule has 1 aromatic rings. The van der Waals surface area contributed by atoms with Crippen molar-refractivity contribution >= 4 is 27.8 Å². The summed E-state index contributed by atoms with van der Waals surface area (Å²) in [5.74, 6) is -0.701. The number of ether oxygens (including phenoxy) is 2. The van der Waals surface area contributed by atoms with Crippen LogP contribution in [0.3, 0.4) is 0 Å². The van der Waals surface area contributed by atoms with Gasteiger partial charge in [-0.15, -0.1) is 0 Å². The molecular weight excluding hydrogens is 483 g/mol. The van der Waals surface area contributed by atoms with E-state index >= 15 is 4.39 Å². The fourth-order valence-electron chi connectivity index (χ4n) is 3.03. The highest BCUT2D eigenvalue weighted by Crippen LogP contribution is 2.52. The summed E-state index contributed by atoms with van der Waals surface area (Å²) < 4.78 is 50.4. The molecule has 0 bridgehead atoms. The molecule has 7 atom stereocenters. The van der Waals surface area contributed by atoms with Crippen LogP contribution < -0.4 is 16.3 Å². The van der Waals surface area contributed by atoms with Gasteiger partial charge in [0.2, 0.25) is 0 Å². The van der Waals surface area contributed by atoms with Crippen molar-refractivity contribution in [2.45, 2.75) is 63.9 Å². The average Bonchev–Trinajstić information content (AvgIpc) is 2.88. The van der Waals surface area contributed by atoms with Gasteiger partial charge < -0.3 is 14.6 Å². The number of aliphatic hydroxyl groups is 1. The molecule has 0 aliphatic carbocycles. The molecule has 0 saturated carbocycles. The van der Waals surface area contributed by atoms with Gasteiger partial charge in [0.1, 0.15) is 31.2 Å². The number of aliphatic hydroxyl groups excluding tert-OH is 1. The molecule has 1 aliphatic rings. The molecule has 1 saturated heterocycles. The predicted octanol–water partition coefficient (Wildman–Crippen LogP) is 1.05. The molecule has 7 unspecified atom stereocenters.